The highest BCUT2D eigenvalue weighted by Gasteiger charge is 2.65. The Bertz CT molecular complexity index is 948. The van der Waals surface area contributed by atoms with Crippen LogP contribution in [0.5, 0.6) is 0 Å². The minimum Gasteiger partial charge on any atom is -0.325 e. The molecule has 1 unspecified atom stereocenters. The molecule has 0 bridgehead atoms. The van der Waals surface area contributed by atoms with Crippen LogP contribution in [0.15, 0.2) is 42.5 Å². The number of nitrogens with zero attached hydrogens (tertiary/aromatic N) is 1. The van der Waals surface area contributed by atoms with Gasteiger partial charge >= 0.3 is 0 Å². The summed E-state index contributed by atoms with van der Waals surface area (Å²) in [4.78, 5) is 12.5. The van der Waals surface area contributed by atoms with Crippen LogP contribution in [-0.2, 0) is 10.2 Å². The van der Waals surface area contributed by atoms with Crippen molar-refractivity contribution < 1.29 is 4.79 Å². The Balaban J connectivity index is 1.62. The molecule has 108 valence electrons. The van der Waals surface area contributed by atoms with E-state index in [-0.39, 0.29) is 17.2 Å². The molecule has 4 nitrogen and oxygen atoms in total. The number of nitrogens with one attached hydrogen (secondary N) is 2. The number of anilines is 1. The van der Waals surface area contributed by atoms with Crippen LogP contribution in [0, 0.1) is 3.70 Å². The van der Waals surface area contributed by atoms with Gasteiger partial charge in [-0.25, -0.2) is 0 Å². The molecule has 1 fully saturated rings. The van der Waals surface area contributed by atoms with E-state index in [0.29, 0.717) is 0 Å². The van der Waals surface area contributed by atoms with Crippen LogP contribution in [0.3, 0.4) is 0 Å². The second-order valence-corrected chi connectivity index (χ2v) is 7.12. The molecule has 1 spiro atoms. The van der Waals surface area contributed by atoms with Crippen LogP contribution >= 0.6 is 22.6 Å². The van der Waals surface area contributed by atoms with Crippen molar-refractivity contribution >= 4 is 45.1 Å². The first-order chi connectivity index (χ1) is 10.7. The van der Waals surface area contributed by atoms with E-state index < -0.39 is 0 Å². The fourth-order valence-electron chi connectivity index (χ4n) is 3.76. The maximum atomic E-state index is 12.5. The fourth-order valence-corrected chi connectivity index (χ4v) is 4.34. The maximum Gasteiger partial charge on any atom is 0.235 e. The zero-order valence-corrected chi connectivity index (χ0v) is 13.7. The molecule has 1 amide bonds. The smallest absolute Gasteiger partial charge is 0.235 e. The summed E-state index contributed by atoms with van der Waals surface area (Å²) in [5.74, 6) is 0.380. The van der Waals surface area contributed by atoms with Crippen LogP contribution in [0.4, 0.5) is 5.69 Å². The molecule has 2 N–H and O–H groups in total. The van der Waals surface area contributed by atoms with Crippen LogP contribution in [0.1, 0.15) is 23.5 Å². The number of hydrogen-bond acceptors (Lipinski definition) is 2. The van der Waals surface area contributed by atoms with Gasteiger partial charge in [0.25, 0.3) is 0 Å². The van der Waals surface area contributed by atoms with Crippen LogP contribution in [-0.4, -0.2) is 16.1 Å². The summed E-state index contributed by atoms with van der Waals surface area (Å²) in [6, 6.07) is 14.4. The highest BCUT2D eigenvalue weighted by Crippen LogP contribution is 2.64. The zero-order chi connectivity index (χ0) is 14.9. The summed E-state index contributed by atoms with van der Waals surface area (Å²) in [6.45, 7) is 0. The summed E-state index contributed by atoms with van der Waals surface area (Å²) in [5.41, 5.74) is 3.90. The van der Waals surface area contributed by atoms with E-state index in [1.165, 1.54) is 5.56 Å². The van der Waals surface area contributed by atoms with Crippen molar-refractivity contribution in [2.24, 2.45) is 0 Å². The molecule has 2 heterocycles. The molecule has 1 aliphatic heterocycles. The lowest BCUT2D eigenvalue weighted by Crippen LogP contribution is -2.20. The zero-order valence-electron chi connectivity index (χ0n) is 11.6. The lowest BCUT2D eigenvalue weighted by molar-refractivity contribution is -0.118. The molecular weight excluding hydrogens is 389 g/mol. The highest BCUT2D eigenvalue weighted by molar-refractivity contribution is 14.1. The largest absolute Gasteiger partial charge is 0.325 e. The average Bonchev–Trinajstić information content (AvgIpc) is 3.10. The number of amides is 1. The Labute approximate surface area is 140 Å². The Kier molecular flexibility index (Phi) is 2.35. The van der Waals surface area contributed by atoms with Crippen molar-refractivity contribution in [3.8, 4) is 0 Å². The number of carbonyl (C=O) groups is 1. The number of aromatic nitrogens is 2. The number of aromatic amines is 1. The SMILES string of the molecule is O=C1Nc2ccccc2[C@@]12CC2c1ccc2c(I)[nH]nc2c1. The fraction of sp³-hybridized carbons (Fsp3) is 0.176. The number of H-pyrrole nitrogens is 1. The summed E-state index contributed by atoms with van der Waals surface area (Å²) >= 11 is 2.25. The standard InChI is InChI=1S/C17H12IN3O/c18-15-10-6-5-9(7-14(10)20-21-15)12-8-17(12)11-3-1-2-4-13(11)19-16(17)22/h1-7,12H,8H2,(H,19,22)(H,20,21)/t12?,17-/m1/s1. The average molecular weight is 401 g/mol. The molecule has 1 aliphatic carbocycles. The molecule has 2 atom stereocenters. The third kappa shape index (κ3) is 1.47. The number of halogens is 1. The van der Waals surface area contributed by atoms with Crippen LogP contribution in [0.2, 0.25) is 0 Å². The minimum atomic E-state index is -0.367. The molecule has 0 radical (unpaired) electrons. The first-order valence-electron chi connectivity index (χ1n) is 7.24. The van der Waals surface area contributed by atoms with Gasteiger partial charge in [-0.1, -0.05) is 24.3 Å². The third-order valence-corrected chi connectivity index (χ3v) is 5.78. The van der Waals surface area contributed by atoms with Gasteiger partial charge in [0.2, 0.25) is 5.91 Å². The van der Waals surface area contributed by atoms with Gasteiger partial charge in [-0.15, -0.1) is 0 Å². The Hall–Kier alpha value is -1.89. The minimum absolute atomic E-state index is 0.135. The van der Waals surface area contributed by atoms with E-state index in [0.717, 1.165) is 32.3 Å². The number of carbonyl (C=O) groups excluding carboxylic acids is 1. The molecular formula is C17H12IN3O. The van der Waals surface area contributed by atoms with E-state index in [1.54, 1.807) is 0 Å². The van der Waals surface area contributed by atoms with Gasteiger partial charge in [0.15, 0.2) is 0 Å². The lowest BCUT2D eigenvalue weighted by atomic mass is 9.92. The van der Waals surface area contributed by atoms with Crippen molar-refractivity contribution in [2.75, 3.05) is 5.32 Å². The van der Waals surface area contributed by atoms with E-state index >= 15 is 0 Å². The normalized spacial score (nSPS) is 25.5. The molecule has 1 aromatic heterocycles. The second kappa shape index (κ2) is 4.10. The molecule has 2 aliphatic rings. The first kappa shape index (κ1) is 12.6. The van der Waals surface area contributed by atoms with Gasteiger partial charge in [-0.05, 0) is 58.3 Å². The third-order valence-electron chi connectivity index (χ3n) is 4.96. The number of rotatable bonds is 1. The van der Waals surface area contributed by atoms with E-state index in [4.69, 9.17) is 0 Å². The first-order valence-corrected chi connectivity index (χ1v) is 8.32. The van der Waals surface area contributed by atoms with Crippen molar-refractivity contribution in [2.45, 2.75) is 17.8 Å². The van der Waals surface area contributed by atoms with Gasteiger partial charge in [-0.3, -0.25) is 9.89 Å². The van der Waals surface area contributed by atoms with Gasteiger partial charge in [0, 0.05) is 17.0 Å². The van der Waals surface area contributed by atoms with Gasteiger partial charge in [0.05, 0.1) is 10.9 Å². The van der Waals surface area contributed by atoms with Gasteiger partial charge in [-0.2, -0.15) is 5.10 Å². The van der Waals surface area contributed by atoms with Crippen LogP contribution in [0.25, 0.3) is 10.9 Å². The quantitative estimate of drug-likeness (QED) is 0.613. The molecule has 5 rings (SSSR count). The van der Waals surface area contributed by atoms with Crippen molar-refractivity contribution in [1.82, 2.24) is 10.2 Å². The summed E-state index contributed by atoms with van der Waals surface area (Å²) in [6.07, 6.45) is 0.878. The Morgan fingerprint density at radius 2 is 2.09 bits per heavy atom. The maximum absolute atomic E-state index is 12.5. The lowest BCUT2D eigenvalue weighted by Gasteiger charge is -2.08. The molecule has 2 aromatic carbocycles. The molecule has 5 heteroatoms. The molecule has 0 saturated heterocycles. The highest BCUT2D eigenvalue weighted by atomic mass is 127. The van der Waals surface area contributed by atoms with Crippen molar-refractivity contribution in [3.05, 3.63) is 57.3 Å². The predicted molar refractivity (Wildman–Crippen MR) is 92.9 cm³/mol. The Morgan fingerprint density at radius 1 is 1.23 bits per heavy atom. The number of hydrogen-bond donors (Lipinski definition) is 2. The number of fused-ring (bicyclic) bond motifs is 3. The van der Waals surface area contributed by atoms with Gasteiger partial charge in [0.1, 0.15) is 3.70 Å². The van der Waals surface area contributed by atoms with E-state index in [2.05, 4.69) is 62.4 Å². The molecule has 3 aromatic rings. The topological polar surface area (TPSA) is 57.8 Å². The molecule has 1 saturated carbocycles. The summed E-state index contributed by atoms with van der Waals surface area (Å²) in [5, 5.41) is 11.5. The number of para-hydroxylation sites is 1. The molecule has 22 heavy (non-hydrogen) atoms. The van der Waals surface area contributed by atoms with E-state index in [9.17, 15) is 4.79 Å². The van der Waals surface area contributed by atoms with Gasteiger partial charge < -0.3 is 5.32 Å². The summed E-state index contributed by atoms with van der Waals surface area (Å²) in [7, 11) is 0. The van der Waals surface area contributed by atoms with Crippen LogP contribution < -0.4 is 5.32 Å². The Morgan fingerprint density at radius 3 is 3.00 bits per heavy atom. The van der Waals surface area contributed by atoms with Crippen molar-refractivity contribution in [3.63, 3.8) is 0 Å². The van der Waals surface area contributed by atoms with Crippen molar-refractivity contribution in [1.29, 1.82) is 0 Å². The number of benzene rings is 2. The predicted octanol–water partition coefficient (Wildman–Crippen LogP) is 3.54. The monoisotopic (exact) mass is 401 g/mol. The van der Waals surface area contributed by atoms with E-state index in [1.807, 2.05) is 18.2 Å². The summed E-state index contributed by atoms with van der Waals surface area (Å²) < 4.78 is 1.05. The second-order valence-electron chi connectivity index (χ2n) is 6.04.